The number of nitrogen functional groups attached to an aromatic ring is 1. The summed E-state index contributed by atoms with van der Waals surface area (Å²) in [5.41, 5.74) is 7.08. The lowest BCUT2D eigenvalue weighted by molar-refractivity contribution is 0.308. The molecule has 0 radical (unpaired) electrons. The van der Waals surface area contributed by atoms with Crippen LogP contribution in [0.4, 0.5) is 5.69 Å². The van der Waals surface area contributed by atoms with Crippen LogP contribution in [0, 0.1) is 0 Å². The molecule has 0 heterocycles. The fourth-order valence-electron chi connectivity index (χ4n) is 1.46. The van der Waals surface area contributed by atoms with Crippen molar-refractivity contribution in [2.24, 2.45) is 0 Å². The minimum Gasteiger partial charge on any atom is -0.487 e. The van der Waals surface area contributed by atoms with Gasteiger partial charge >= 0.3 is 0 Å². The first kappa shape index (κ1) is 13.3. The molecule has 5 heteroatoms. The molecule has 0 aromatic heterocycles. The van der Waals surface area contributed by atoms with Crippen molar-refractivity contribution in [3.8, 4) is 5.75 Å². The molecule has 0 saturated heterocycles. The Bertz CT molecular complexity index is 572. The van der Waals surface area contributed by atoms with E-state index in [2.05, 4.69) is 0 Å². The lowest BCUT2D eigenvalue weighted by Gasteiger charge is -2.10. The first-order valence-electron chi connectivity index (χ1n) is 5.18. The maximum Gasteiger partial charge on any atom is 0.142 e. The highest BCUT2D eigenvalue weighted by Crippen LogP contribution is 2.27. The number of ether oxygens (including phenoxy) is 1. The smallest absolute Gasteiger partial charge is 0.142 e. The Morgan fingerprint density at radius 2 is 1.61 bits per heavy atom. The van der Waals surface area contributed by atoms with E-state index in [-0.39, 0.29) is 0 Å². The van der Waals surface area contributed by atoms with Crippen molar-refractivity contribution < 1.29 is 4.74 Å². The molecule has 0 fully saturated rings. The van der Waals surface area contributed by atoms with E-state index >= 15 is 0 Å². The molecule has 2 nitrogen and oxygen atoms in total. The van der Waals surface area contributed by atoms with Crippen LogP contribution < -0.4 is 10.5 Å². The predicted octanol–water partition coefficient (Wildman–Crippen LogP) is 4.81. The van der Waals surface area contributed by atoms with Gasteiger partial charge in [0, 0.05) is 20.6 Å². The third kappa shape index (κ3) is 3.22. The van der Waals surface area contributed by atoms with Crippen molar-refractivity contribution in [1.29, 1.82) is 0 Å². The second-order valence-electron chi connectivity index (χ2n) is 3.71. The third-order valence-corrected chi connectivity index (χ3v) is 3.20. The second-order valence-corrected chi connectivity index (χ2v) is 4.99. The van der Waals surface area contributed by atoms with E-state index in [0.717, 1.165) is 5.56 Å². The van der Waals surface area contributed by atoms with Crippen molar-refractivity contribution in [3.63, 3.8) is 0 Å². The summed E-state index contributed by atoms with van der Waals surface area (Å²) in [7, 11) is 0. The molecule has 0 bridgehead atoms. The number of hydrogen-bond acceptors (Lipinski definition) is 2. The quantitative estimate of drug-likeness (QED) is 0.826. The van der Waals surface area contributed by atoms with Crippen molar-refractivity contribution in [2.45, 2.75) is 6.61 Å². The molecule has 18 heavy (non-hydrogen) atoms. The summed E-state index contributed by atoms with van der Waals surface area (Å²) in [4.78, 5) is 0. The highest BCUT2D eigenvalue weighted by molar-refractivity contribution is 6.33. The third-order valence-electron chi connectivity index (χ3n) is 2.36. The lowest BCUT2D eigenvalue weighted by atomic mass is 10.2. The number of hydrogen-bond donors (Lipinski definition) is 1. The zero-order valence-corrected chi connectivity index (χ0v) is 11.6. The van der Waals surface area contributed by atoms with Crippen LogP contribution in [-0.2, 0) is 6.61 Å². The molecule has 2 aromatic rings. The van der Waals surface area contributed by atoms with Crippen LogP contribution in [0.1, 0.15) is 5.56 Å². The van der Waals surface area contributed by atoms with Gasteiger partial charge in [0.05, 0.1) is 5.69 Å². The van der Waals surface area contributed by atoms with Gasteiger partial charge in [0.1, 0.15) is 12.4 Å². The van der Waals surface area contributed by atoms with E-state index < -0.39 is 0 Å². The zero-order chi connectivity index (χ0) is 13.1. The van der Waals surface area contributed by atoms with E-state index in [1.807, 2.05) is 0 Å². The van der Waals surface area contributed by atoms with Gasteiger partial charge in [-0.15, -0.1) is 0 Å². The van der Waals surface area contributed by atoms with Gasteiger partial charge in [0.25, 0.3) is 0 Å². The lowest BCUT2D eigenvalue weighted by Crippen LogP contribution is -1.99. The average molecular weight is 303 g/mol. The molecule has 0 aliphatic carbocycles. The summed E-state index contributed by atoms with van der Waals surface area (Å²) in [5.74, 6) is 0.565. The number of benzene rings is 2. The van der Waals surface area contributed by atoms with Gasteiger partial charge in [-0.3, -0.25) is 0 Å². The van der Waals surface area contributed by atoms with Gasteiger partial charge in [-0.1, -0.05) is 34.8 Å². The van der Waals surface area contributed by atoms with Gasteiger partial charge in [-0.2, -0.15) is 0 Å². The molecule has 0 unspecified atom stereocenters. The number of anilines is 1. The van der Waals surface area contributed by atoms with Crippen LogP contribution in [0.5, 0.6) is 5.75 Å². The van der Waals surface area contributed by atoms with Crippen molar-refractivity contribution in [2.75, 3.05) is 5.73 Å². The number of halogens is 3. The van der Waals surface area contributed by atoms with Crippen LogP contribution in [0.3, 0.4) is 0 Å². The minimum absolute atomic E-state index is 0.297. The Morgan fingerprint density at radius 3 is 2.33 bits per heavy atom. The van der Waals surface area contributed by atoms with Crippen LogP contribution in [0.25, 0.3) is 0 Å². The minimum atomic E-state index is 0.297. The summed E-state index contributed by atoms with van der Waals surface area (Å²) in [6.45, 7) is 0.297. The van der Waals surface area contributed by atoms with Crippen LogP contribution in [0.15, 0.2) is 36.4 Å². The molecular formula is C13H10Cl3NO. The average Bonchev–Trinajstić information content (AvgIpc) is 2.32. The van der Waals surface area contributed by atoms with E-state index in [4.69, 9.17) is 45.3 Å². The van der Waals surface area contributed by atoms with Crippen molar-refractivity contribution in [3.05, 3.63) is 57.0 Å². The molecule has 0 aliphatic rings. The first-order valence-corrected chi connectivity index (χ1v) is 6.31. The topological polar surface area (TPSA) is 35.2 Å². The number of rotatable bonds is 3. The highest BCUT2D eigenvalue weighted by Gasteiger charge is 2.05. The molecule has 94 valence electrons. The normalized spacial score (nSPS) is 10.4. The van der Waals surface area contributed by atoms with Crippen LogP contribution in [0.2, 0.25) is 15.1 Å². The largest absolute Gasteiger partial charge is 0.487 e. The summed E-state index contributed by atoms with van der Waals surface area (Å²) in [6, 6.07) is 10.3. The van der Waals surface area contributed by atoms with E-state index in [1.165, 1.54) is 0 Å². The maximum atomic E-state index is 6.04. The van der Waals surface area contributed by atoms with Gasteiger partial charge in [0.15, 0.2) is 0 Å². The zero-order valence-electron chi connectivity index (χ0n) is 9.29. The van der Waals surface area contributed by atoms with Gasteiger partial charge in [-0.05, 0) is 36.4 Å². The van der Waals surface area contributed by atoms with Crippen molar-refractivity contribution in [1.82, 2.24) is 0 Å². The van der Waals surface area contributed by atoms with E-state index in [1.54, 1.807) is 36.4 Å². The molecule has 0 aliphatic heterocycles. The highest BCUT2D eigenvalue weighted by atomic mass is 35.5. The fraction of sp³-hybridized carbons (Fsp3) is 0.0769. The van der Waals surface area contributed by atoms with Crippen molar-refractivity contribution >= 4 is 40.5 Å². The standard InChI is InChI=1S/C13H10Cl3NO/c14-9-1-3-11(16)8(5-9)7-18-13-4-2-10(15)6-12(13)17/h1-6H,7,17H2. The van der Waals surface area contributed by atoms with Gasteiger partial charge in [0.2, 0.25) is 0 Å². The summed E-state index contributed by atoms with van der Waals surface area (Å²) in [6.07, 6.45) is 0. The molecular weight excluding hydrogens is 293 g/mol. The Hall–Kier alpha value is -1.09. The Morgan fingerprint density at radius 1 is 0.944 bits per heavy atom. The monoisotopic (exact) mass is 301 g/mol. The maximum absolute atomic E-state index is 6.04. The van der Waals surface area contributed by atoms with Gasteiger partial charge < -0.3 is 10.5 Å². The Labute approximate surface area is 120 Å². The van der Waals surface area contributed by atoms with E-state index in [9.17, 15) is 0 Å². The molecule has 2 aromatic carbocycles. The molecule has 2 N–H and O–H groups in total. The summed E-state index contributed by atoms with van der Waals surface area (Å²) >= 11 is 17.7. The Kier molecular flexibility index (Phi) is 4.23. The summed E-state index contributed by atoms with van der Waals surface area (Å²) in [5, 5.41) is 1.79. The molecule has 0 saturated carbocycles. The first-order chi connectivity index (χ1) is 8.56. The fourth-order valence-corrected chi connectivity index (χ4v) is 2.01. The molecule has 0 spiro atoms. The van der Waals surface area contributed by atoms with Crippen LogP contribution in [-0.4, -0.2) is 0 Å². The predicted molar refractivity (Wildman–Crippen MR) is 76.7 cm³/mol. The molecule has 0 atom stereocenters. The van der Waals surface area contributed by atoms with Gasteiger partial charge in [-0.25, -0.2) is 0 Å². The van der Waals surface area contributed by atoms with E-state index in [0.29, 0.717) is 33.1 Å². The second kappa shape index (κ2) is 5.70. The number of nitrogens with two attached hydrogens (primary N) is 1. The van der Waals surface area contributed by atoms with Crippen LogP contribution >= 0.6 is 34.8 Å². The molecule has 0 amide bonds. The summed E-state index contributed by atoms with van der Waals surface area (Å²) < 4.78 is 5.59. The SMILES string of the molecule is Nc1cc(Cl)ccc1OCc1cc(Cl)ccc1Cl. The Balaban J connectivity index is 2.13. The molecule has 2 rings (SSSR count).